The molecule has 0 aliphatic carbocycles. The Labute approximate surface area is 304 Å². The lowest BCUT2D eigenvalue weighted by Gasteiger charge is -2.40. The van der Waals surface area contributed by atoms with Gasteiger partial charge in [-0.25, -0.2) is 9.97 Å². The second-order valence-electron chi connectivity index (χ2n) is 13.2. The third kappa shape index (κ3) is 7.89. The summed E-state index contributed by atoms with van der Waals surface area (Å²) in [6.07, 6.45) is 2.71. The molecule has 13 heteroatoms. The number of likely N-dealkylation sites (N-methyl/N-ethyl adjacent to an activating group) is 1. The Morgan fingerprint density at radius 1 is 1.08 bits per heavy atom. The molecule has 0 saturated carbocycles. The van der Waals surface area contributed by atoms with Gasteiger partial charge < -0.3 is 26.0 Å². The molecular weight excluding hydrogens is 685 g/mol. The Morgan fingerprint density at radius 3 is 2.45 bits per heavy atom. The molecule has 0 spiro atoms. The van der Waals surface area contributed by atoms with Crippen molar-refractivity contribution in [1.29, 1.82) is 0 Å². The Bertz CT molecular complexity index is 1790. The Kier molecular flexibility index (Phi) is 12.4. The van der Waals surface area contributed by atoms with Gasteiger partial charge in [0.2, 0.25) is 11.8 Å². The van der Waals surface area contributed by atoms with E-state index in [0.717, 1.165) is 5.69 Å². The van der Waals surface area contributed by atoms with E-state index in [4.69, 9.17) is 33.7 Å². The number of carbonyl (C=O) groups excluding carboxylic acids is 2. The summed E-state index contributed by atoms with van der Waals surface area (Å²) in [6.45, 7) is 8.48. The molecule has 1 fully saturated rings. The Morgan fingerprint density at radius 2 is 1.80 bits per heavy atom. The van der Waals surface area contributed by atoms with Gasteiger partial charge in [-0.15, -0.1) is 12.4 Å². The van der Waals surface area contributed by atoms with Gasteiger partial charge in [-0.05, 0) is 62.6 Å². The number of nitrogens with one attached hydrogen (secondary N) is 2. The van der Waals surface area contributed by atoms with Crippen LogP contribution in [0.5, 0.6) is 5.75 Å². The predicted molar refractivity (Wildman–Crippen MR) is 201 cm³/mol. The molecule has 1 saturated heterocycles. The van der Waals surface area contributed by atoms with Crippen molar-refractivity contribution < 1.29 is 14.3 Å². The van der Waals surface area contributed by atoms with Gasteiger partial charge in [-0.3, -0.25) is 14.5 Å². The van der Waals surface area contributed by atoms with Crippen LogP contribution in [0.1, 0.15) is 40.5 Å². The summed E-state index contributed by atoms with van der Waals surface area (Å²) in [5.41, 5.74) is 8.65. The van der Waals surface area contributed by atoms with E-state index in [1.807, 2.05) is 82.1 Å². The van der Waals surface area contributed by atoms with Crippen LogP contribution in [0.15, 0.2) is 67.0 Å². The van der Waals surface area contributed by atoms with Gasteiger partial charge in [0, 0.05) is 35.8 Å². The number of nitrogens with zero attached hydrogens (tertiary/aromatic N) is 4. The lowest BCUT2D eigenvalue weighted by molar-refractivity contribution is -0.144. The van der Waals surface area contributed by atoms with E-state index in [1.54, 1.807) is 23.1 Å². The lowest BCUT2D eigenvalue weighted by Crippen LogP contribution is -2.57. The molecule has 3 aromatic carbocycles. The first-order chi connectivity index (χ1) is 22.9. The molecule has 1 aromatic heterocycles. The molecule has 2 amide bonds. The fourth-order valence-electron chi connectivity index (χ4n) is 6.42. The number of halogens is 3. The number of rotatable bonds is 10. The second-order valence-corrected chi connectivity index (χ2v) is 14.0. The monoisotopic (exact) mass is 727 g/mol. The molecule has 262 valence electrons. The van der Waals surface area contributed by atoms with E-state index >= 15 is 0 Å². The van der Waals surface area contributed by atoms with Crippen LogP contribution in [-0.4, -0.2) is 65.5 Å². The van der Waals surface area contributed by atoms with Crippen LogP contribution in [0.25, 0.3) is 10.9 Å². The average Bonchev–Trinajstić information content (AvgIpc) is 3.57. The van der Waals surface area contributed by atoms with Crippen LogP contribution >= 0.6 is 35.6 Å². The molecule has 49 heavy (non-hydrogen) atoms. The summed E-state index contributed by atoms with van der Waals surface area (Å²) in [5.74, 6) is 0.0173. The molecule has 5 rings (SSSR count). The molecule has 0 bridgehead atoms. The van der Waals surface area contributed by atoms with Crippen molar-refractivity contribution in [3.05, 3.63) is 77.0 Å². The zero-order valence-electron chi connectivity index (χ0n) is 28.5. The van der Waals surface area contributed by atoms with Gasteiger partial charge in [0.05, 0.1) is 40.0 Å². The lowest BCUT2D eigenvalue weighted by atomic mass is 9.73. The van der Waals surface area contributed by atoms with Crippen LogP contribution in [0.4, 0.5) is 22.9 Å². The maximum atomic E-state index is 14.1. The van der Waals surface area contributed by atoms with E-state index in [0.29, 0.717) is 63.3 Å². The molecule has 10 nitrogen and oxygen atoms in total. The standard InChI is InChI=1S/C36H43Cl2N7O3.ClH/c1-21(40-5)32(39)30(36(2,3)4)35(47)44-17-11-16-28(44)34(46)43-26-18-23-25(19-29(26)48-6)41-20-42-33(23)45(22-12-8-7-9-13-22)27-15-10-14-24(37)31(27)38;/h7-10,12-15,18-21,28,30,32,40H,11,16-17,39H2,1-6H3,(H,43,46);1H/t21-,28-,30-,32?;/m0./s1. The van der Waals surface area contributed by atoms with Gasteiger partial charge in [-0.2, -0.15) is 0 Å². The second kappa shape index (κ2) is 15.9. The summed E-state index contributed by atoms with van der Waals surface area (Å²) < 4.78 is 5.72. The zero-order chi connectivity index (χ0) is 34.7. The largest absolute Gasteiger partial charge is 0.494 e. The van der Waals surface area contributed by atoms with Gasteiger partial charge in [0.15, 0.2) is 0 Å². The molecule has 4 N–H and O–H groups in total. The van der Waals surface area contributed by atoms with Gasteiger partial charge in [0.1, 0.15) is 23.9 Å². The number of likely N-dealkylation sites (tertiary alicyclic amines) is 1. The number of nitrogens with two attached hydrogens (primary N) is 1. The summed E-state index contributed by atoms with van der Waals surface area (Å²) >= 11 is 13.2. The van der Waals surface area contributed by atoms with Crippen LogP contribution in [0.2, 0.25) is 10.0 Å². The van der Waals surface area contributed by atoms with Crippen LogP contribution in [-0.2, 0) is 9.59 Å². The number of methoxy groups -OCH3 is 1. The molecule has 2 heterocycles. The highest BCUT2D eigenvalue weighted by atomic mass is 35.5. The molecular formula is C36H44Cl3N7O3. The first-order valence-corrected chi connectivity index (χ1v) is 16.8. The van der Waals surface area contributed by atoms with Gasteiger partial charge in [0.25, 0.3) is 0 Å². The highest BCUT2D eigenvalue weighted by Crippen LogP contribution is 2.44. The zero-order valence-corrected chi connectivity index (χ0v) is 30.9. The number of fused-ring (bicyclic) bond motifs is 1. The summed E-state index contributed by atoms with van der Waals surface area (Å²) in [4.78, 5) is 41.0. The van der Waals surface area contributed by atoms with Crippen molar-refractivity contribution in [1.82, 2.24) is 20.2 Å². The molecule has 0 radical (unpaired) electrons. The maximum Gasteiger partial charge on any atom is 0.247 e. The minimum absolute atomic E-state index is 0. The fourth-order valence-corrected chi connectivity index (χ4v) is 6.80. The summed E-state index contributed by atoms with van der Waals surface area (Å²) in [6, 6.07) is 17.4. The first-order valence-electron chi connectivity index (χ1n) is 16.0. The number of benzene rings is 3. The number of ether oxygens (including phenoxy) is 1. The molecule has 4 aromatic rings. The third-order valence-electron chi connectivity index (χ3n) is 9.05. The van der Waals surface area contributed by atoms with Crippen molar-refractivity contribution >= 4 is 81.2 Å². The average molecular weight is 729 g/mol. The van der Waals surface area contributed by atoms with Crippen molar-refractivity contribution in [2.45, 2.75) is 58.7 Å². The SMILES string of the molecule is CN[C@@H](C)C(N)[C@@H](C(=O)N1CCC[C@H]1C(=O)Nc1cc2c(N(c3ccccc3)c3cccc(Cl)c3Cl)ncnc2cc1OC)C(C)(C)C.Cl. The van der Waals surface area contributed by atoms with E-state index in [1.165, 1.54) is 13.4 Å². The van der Waals surface area contributed by atoms with Crippen molar-refractivity contribution in [2.24, 2.45) is 17.1 Å². The van der Waals surface area contributed by atoms with Gasteiger partial charge in [-0.1, -0.05) is 68.2 Å². The number of anilines is 4. The first kappa shape index (κ1) is 38.1. The van der Waals surface area contributed by atoms with E-state index in [9.17, 15) is 9.59 Å². The van der Waals surface area contributed by atoms with Crippen LogP contribution < -0.4 is 26.0 Å². The summed E-state index contributed by atoms with van der Waals surface area (Å²) in [7, 11) is 3.36. The van der Waals surface area contributed by atoms with E-state index < -0.39 is 23.4 Å². The summed E-state index contributed by atoms with van der Waals surface area (Å²) in [5, 5.41) is 7.63. The minimum atomic E-state index is -0.669. The van der Waals surface area contributed by atoms with Crippen LogP contribution in [0.3, 0.4) is 0 Å². The molecule has 1 unspecified atom stereocenters. The quantitative estimate of drug-likeness (QED) is 0.155. The number of carbonyl (C=O) groups is 2. The topological polar surface area (TPSA) is 126 Å². The normalized spacial score (nSPS) is 16.4. The van der Waals surface area contributed by atoms with Crippen LogP contribution in [0, 0.1) is 11.3 Å². The number of para-hydroxylation sites is 1. The minimum Gasteiger partial charge on any atom is -0.494 e. The highest BCUT2D eigenvalue weighted by Gasteiger charge is 2.44. The van der Waals surface area contributed by atoms with Crippen molar-refractivity contribution in [2.75, 3.05) is 30.9 Å². The highest BCUT2D eigenvalue weighted by molar-refractivity contribution is 6.44. The molecule has 1 aliphatic rings. The van der Waals surface area contributed by atoms with E-state index in [-0.39, 0.29) is 30.3 Å². The number of amides is 2. The third-order valence-corrected chi connectivity index (χ3v) is 9.86. The molecule has 1 aliphatic heterocycles. The Hall–Kier alpha value is -3.67. The number of hydrogen-bond donors (Lipinski definition) is 3. The number of aromatic nitrogens is 2. The van der Waals surface area contributed by atoms with E-state index in [2.05, 4.69) is 20.6 Å². The number of hydrogen-bond acceptors (Lipinski definition) is 8. The van der Waals surface area contributed by atoms with Crippen molar-refractivity contribution in [3.63, 3.8) is 0 Å². The van der Waals surface area contributed by atoms with Gasteiger partial charge >= 0.3 is 0 Å². The Balaban J connectivity index is 0.00000541. The maximum absolute atomic E-state index is 14.1. The fraction of sp³-hybridized carbons (Fsp3) is 0.389. The van der Waals surface area contributed by atoms with Crippen molar-refractivity contribution in [3.8, 4) is 5.75 Å². The smallest absolute Gasteiger partial charge is 0.247 e. The predicted octanol–water partition coefficient (Wildman–Crippen LogP) is 7.36. The molecule has 4 atom stereocenters.